The van der Waals surface area contributed by atoms with Gasteiger partial charge in [0.05, 0.1) is 31.2 Å². The zero-order valence-corrected chi connectivity index (χ0v) is 15.8. The van der Waals surface area contributed by atoms with Crippen molar-refractivity contribution in [1.82, 2.24) is 25.1 Å². The van der Waals surface area contributed by atoms with E-state index in [1.165, 1.54) is 5.70 Å². The van der Waals surface area contributed by atoms with E-state index in [0.717, 1.165) is 61.1 Å². The van der Waals surface area contributed by atoms with Crippen LogP contribution in [-0.4, -0.2) is 66.6 Å². The van der Waals surface area contributed by atoms with Crippen LogP contribution in [-0.2, 0) is 0 Å². The van der Waals surface area contributed by atoms with E-state index in [2.05, 4.69) is 39.4 Å². The van der Waals surface area contributed by atoms with Crippen molar-refractivity contribution >= 4 is 5.57 Å². The number of hydrogen-bond acceptors (Lipinski definition) is 6. The first kappa shape index (κ1) is 17.5. The number of pyridine rings is 2. The van der Waals surface area contributed by atoms with Crippen molar-refractivity contribution < 1.29 is 4.74 Å². The van der Waals surface area contributed by atoms with Crippen molar-refractivity contribution in [2.45, 2.75) is 0 Å². The summed E-state index contributed by atoms with van der Waals surface area (Å²) < 4.78 is 5.56. The highest BCUT2D eigenvalue weighted by atomic mass is 16.5. The molecule has 2 aromatic rings. The molecule has 0 unspecified atom stereocenters. The third kappa shape index (κ3) is 3.80. The number of allylic oxidation sites excluding steroid dienone is 2. The molecule has 0 bridgehead atoms. The van der Waals surface area contributed by atoms with Crippen LogP contribution in [0.3, 0.4) is 0 Å². The SMILES string of the molecule is COc1ccc(-c2ccccn2)nc1C1=[C]NCC(N2CCN(C)CC2)=C1. The first-order valence-electron chi connectivity index (χ1n) is 9.21. The molecule has 27 heavy (non-hydrogen) atoms. The van der Waals surface area contributed by atoms with Crippen LogP contribution in [0.2, 0.25) is 0 Å². The first-order chi connectivity index (χ1) is 13.2. The number of aromatic nitrogens is 2. The number of likely N-dealkylation sites (N-methyl/N-ethyl adjacent to an activating group) is 1. The summed E-state index contributed by atoms with van der Waals surface area (Å²) in [5.74, 6) is 0.731. The first-order valence-corrected chi connectivity index (χ1v) is 9.21. The molecule has 0 atom stereocenters. The van der Waals surface area contributed by atoms with Crippen LogP contribution in [0, 0.1) is 6.20 Å². The van der Waals surface area contributed by atoms with E-state index in [4.69, 9.17) is 9.72 Å². The Balaban J connectivity index is 1.66. The van der Waals surface area contributed by atoms with Crippen molar-refractivity contribution in [3.8, 4) is 17.1 Å². The van der Waals surface area contributed by atoms with E-state index in [-0.39, 0.29) is 0 Å². The largest absolute Gasteiger partial charge is 0.494 e. The molecule has 2 aromatic heterocycles. The monoisotopic (exact) mass is 362 g/mol. The lowest BCUT2D eigenvalue weighted by Gasteiger charge is -2.36. The van der Waals surface area contributed by atoms with Gasteiger partial charge in [-0.3, -0.25) is 4.98 Å². The van der Waals surface area contributed by atoms with Gasteiger partial charge in [0.25, 0.3) is 0 Å². The van der Waals surface area contributed by atoms with Crippen molar-refractivity contribution in [2.75, 3.05) is 46.9 Å². The Hall–Kier alpha value is -2.86. The van der Waals surface area contributed by atoms with Gasteiger partial charge in [-0.05, 0) is 37.4 Å². The number of rotatable bonds is 4. The van der Waals surface area contributed by atoms with Gasteiger partial charge in [-0.25, -0.2) is 4.98 Å². The summed E-state index contributed by atoms with van der Waals surface area (Å²) in [6, 6.07) is 9.71. The summed E-state index contributed by atoms with van der Waals surface area (Å²) >= 11 is 0. The Labute approximate surface area is 160 Å². The standard InChI is InChI=1S/C21H24N5O/c1-25-9-11-26(12-10-25)17-13-16(14-22-15-17)21-20(27-2)7-6-19(24-21)18-5-3-4-8-23-18/h3-8,13,22H,9-12,15H2,1-2H3. The predicted octanol–water partition coefficient (Wildman–Crippen LogP) is 2.03. The van der Waals surface area contributed by atoms with E-state index in [1.807, 2.05) is 30.3 Å². The van der Waals surface area contributed by atoms with Crippen LogP contribution < -0.4 is 10.1 Å². The molecule has 4 heterocycles. The number of ether oxygens (including phenoxy) is 1. The fourth-order valence-electron chi connectivity index (χ4n) is 3.37. The van der Waals surface area contributed by atoms with Gasteiger partial charge >= 0.3 is 0 Å². The molecular formula is C21H24N5O. The maximum absolute atomic E-state index is 5.56. The summed E-state index contributed by atoms with van der Waals surface area (Å²) in [7, 11) is 3.84. The minimum Gasteiger partial charge on any atom is -0.494 e. The second-order valence-corrected chi connectivity index (χ2v) is 6.78. The van der Waals surface area contributed by atoms with Gasteiger partial charge in [0.2, 0.25) is 0 Å². The number of nitrogens with one attached hydrogen (secondary N) is 1. The molecule has 0 aromatic carbocycles. The molecule has 6 heteroatoms. The van der Waals surface area contributed by atoms with Crippen molar-refractivity contribution in [3.05, 3.63) is 60.2 Å². The molecule has 0 aliphatic carbocycles. The number of hydrogen-bond donors (Lipinski definition) is 1. The molecule has 0 saturated carbocycles. The highest BCUT2D eigenvalue weighted by molar-refractivity contribution is 5.76. The average Bonchev–Trinajstić information content (AvgIpc) is 2.74. The van der Waals surface area contributed by atoms with E-state index in [9.17, 15) is 0 Å². The van der Waals surface area contributed by atoms with E-state index >= 15 is 0 Å². The smallest absolute Gasteiger partial charge is 0.145 e. The number of nitrogens with zero attached hydrogens (tertiary/aromatic N) is 4. The molecule has 2 aliphatic rings. The fraction of sp³-hybridized carbons (Fsp3) is 0.333. The van der Waals surface area contributed by atoms with Gasteiger partial charge < -0.3 is 19.9 Å². The van der Waals surface area contributed by atoms with Crippen molar-refractivity contribution in [2.24, 2.45) is 0 Å². The molecule has 139 valence electrons. The van der Waals surface area contributed by atoms with Crippen LogP contribution in [0.4, 0.5) is 0 Å². The van der Waals surface area contributed by atoms with Gasteiger partial charge in [-0.1, -0.05) is 6.07 Å². The number of methoxy groups -OCH3 is 1. The average molecular weight is 362 g/mol. The van der Waals surface area contributed by atoms with Crippen molar-refractivity contribution in [1.29, 1.82) is 0 Å². The normalized spacial score (nSPS) is 17.8. The zero-order valence-electron chi connectivity index (χ0n) is 15.8. The summed E-state index contributed by atoms with van der Waals surface area (Å²) in [4.78, 5) is 14.0. The molecule has 1 radical (unpaired) electrons. The third-order valence-corrected chi connectivity index (χ3v) is 4.97. The lowest BCUT2D eigenvalue weighted by atomic mass is 10.1. The minimum absolute atomic E-state index is 0.731. The van der Waals surface area contributed by atoms with Gasteiger partial charge in [0.15, 0.2) is 0 Å². The van der Waals surface area contributed by atoms with Crippen LogP contribution in [0.15, 0.2) is 48.3 Å². The maximum Gasteiger partial charge on any atom is 0.145 e. The molecule has 2 aliphatic heterocycles. The van der Waals surface area contributed by atoms with Crippen molar-refractivity contribution in [3.63, 3.8) is 0 Å². The van der Waals surface area contributed by atoms with E-state index in [0.29, 0.717) is 0 Å². The summed E-state index contributed by atoms with van der Waals surface area (Å²) in [5, 5.41) is 3.28. The molecule has 1 saturated heterocycles. The molecule has 0 spiro atoms. The van der Waals surface area contributed by atoms with Gasteiger partial charge in [0.1, 0.15) is 11.4 Å². The van der Waals surface area contributed by atoms with Crippen LogP contribution in [0.25, 0.3) is 17.0 Å². The van der Waals surface area contributed by atoms with E-state index < -0.39 is 0 Å². The topological polar surface area (TPSA) is 53.5 Å². The summed E-state index contributed by atoms with van der Waals surface area (Å²) in [6.07, 6.45) is 7.21. The van der Waals surface area contributed by atoms with Gasteiger partial charge in [-0.15, -0.1) is 0 Å². The third-order valence-electron chi connectivity index (χ3n) is 4.97. The molecule has 0 amide bonds. The highest BCUT2D eigenvalue weighted by Gasteiger charge is 2.20. The number of dihydropyridines is 1. The van der Waals surface area contributed by atoms with Gasteiger partial charge in [-0.2, -0.15) is 0 Å². The van der Waals surface area contributed by atoms with Crippen LogP contribution in [0.5, 0.6) is 5.75 Å². The fourth-order valence-corrected chi connectivity index (χ4v) is 3.37. The maximum atomic E-state index is 5.56. The Kier molecular flexibility index (Phi) is 5.07. The van der Waals surface area contributed by atoms with Crippen LogP contribution in [0.1, 0.15) is 5.69 Å². The summed E-state index contributed by atoms with van der Waals surface area (Å²) in [5.41, 5.74) is 4.61. The quantitative estimate of drug-likeness (QED) is 0.898. The Morgan fingerprint density at radius 3 is 2.67 bits per heavy atom. The lowest BCUT2D eigenvalue weighted by Crippen LogP contribution is -2.45. The molecule has 1 fully saturated rings. The van der Waals surface area contributed by atoms with Crippen LogP contribution >= 0.6 is 0 Å². The highest BCUT2D eigenvalue weighted by Crippen LogP contribution is 2.30. The minimum atomic E-state index is 0.731. The summed E-state index contributed by atoms with van der Waals surface area (Å²) in [6.45, 7) is 5.02. The Morgan fingerprint density at radius 2 is 1.93 bits per heavy atom. The van der Waals surface area contributed by atoms with E-state index in [1.54, 1.807) is 13.3 Å². The zero-order chi connectivity index (χ0) is 18.6. The second-order valence-electron chi connectivity index (χ2n) is 6.78. The second kappa shape index (κ2) is 7.80. The molecule has 1 N–H and O–H groups in total. The molecule has 4 rings (SSSR count). The number of piperazine rings is 1. The Morgan fingerprint density at radius 1 is 1.07 bits per heavy atom. The van der Waals surface area contributed by atoms with Gasteiger partial charge in [0, 0.05) is 43.6 Å². The lowest BCUT2D eigenvalue weighted by molar-refractivity contribution is 0.183. The molecule has 6 nitrogen and oxygen atoms in total. The predicted molar refractivity (Wildman–Crippen MR) is 106 cm³/mol. The Bertz CT molecular complexity index is 854. The molecular weight excluding hydrogens is 338 g/mol.